The molecule has 0 N–H and O–H groups in total. The van der Waals surface area contributed by atoms with E-state index < -0.39 is 0 Å². The molecule has 0 fully saturated rings. The fourth-order valence-corrected chi connectivity index (χ4v) is 1.20. The Morgan fingerprint density at radius 2 is 2.46 bits per heavy atom. The van der Waals surface area contributed by atoms with Gasteiger partial charge in [0.25, 0.3) is 0 Å². The highest BCUT2D eigenvalue weighted by molar-refractivity contribution is 7.79. The fourth-order valence-electron chi connectivity index (χ4n) is 1.05. The van der Waals surface area contributed by atoms with E-state index in [1.165, 1.54) is 0 Å². The van der Waals surface area contributed by atoms with Crippen LogP contribution in [0, 0.1) is 0 Å². The summed E-state index contributed by atoms with van der Waals surface area (Å²) in [4.78, 5) is 4.14. The molecule has 5 heteroatoms. The molecule has 0 aromatic carbocycles. The third-order valence-electron chi connectivity index (χ3n) is 1.68. The van der Waals surface area contributed by atoms with Gasteiger partial charge in [-0.3, -0.25) is 0 Å². The fraction of sp³-hybridized carbons (Fsp3) is 0.250. The Morgan fingerprint density at radius 3 is 3.00 bits per heavy atom. The van der Waals surface area contributed by atoms with Crippen molar-refractivity contribution >= 4 is 12.6 Å². The Balaban J connectivity index is 2.35. The van der Waals surface area contributed by atoms with Crippen molar-refractivity contribution < 1.29 is 4.52 Å². The van der Waals surface area contributed by atoms with Gasteiger partial charge < -0.3 is 9.09 Å². The zero-order chi connectivity index (χ0) is 9.26. The Hall–Kier alpha value is -1.23. The summed E-state index contributed by atoms with van der Waals surface area (Å²) in [5, 5.41) is 3.82. The zero-order valence-corrected chi connectivity index (χ0v) is 8.03. The SMILES string of the molecule is Cn1cnc(-c2cc(CS)no2)c1. The molecule has 4 nitrogen and oxygen atoms in total. The van der Waals surface area contributed by atoms with Crippen LogP contribution in [0.25, 0.3) is 11.5 Å². The van der Waals surface area contributed by atoms with Gasteiger partial charge in [0.2, 0.25) is 0 Å². The molecule has 0 unspecified atom stereocenters. The Bertz CT molecular complexity index is 407. The molecule has 0 aliphatic rings. The standard InChI is InChI=1S/C8H9N3OS/c1-11-3-7(9-5-11)8-2-6(4-13)10-12-8/h2-3,5,13H,4H2,1H3. The first-order valence-electron chi connectivity index (χ1n) is 3.84. The van der Waals surface area contributed by atoms with Gasteiger partial charge in [-0.25, -0.2) is 4.98 Å². The Labute approximate surface area is 81.0 Å². The lowest BCUT2D eigenvalue weighted by molar-refractivity contribution is 0.425. The predicted octanol–water partition coefficient (Wildman–Crippen LogP) is 1.50. The van der Waals surface area contributed by atoms with Crippen molar-refractivity contribution in [1.82, 2.24) is 14.7 Å². The first-order valence-corrected chi connectivity index (χ1v) is 4.47. The zero-order valence-electron chi connectivity index (χ0n) is 7.14. The van der Waals surface area contributed by atoms with E-state index in [1.807, 2.05) is 23.9 Å². The largest absolute Gasteiger partial charge is 0.354 e. The van der Waals surface area contributed by atoms with E-state index in [4.69, 9.17) is 4.52 Å². The molecular weight excluding hydrogens is 186 g/mol. The lowest BCUT2D eigenvalue weighted by atomic mass is 10.3. The molecule has 2 heterocycles. The van der Waals surface area contributed by atoms with Gasteiger partial charge in [0.05, 0.1) is 12.0 Å². The number of thiol groups is 1. The minimum atomic E-state index is 0.580. The number of nitrogens with zero attached hydrogens (tertiary/aromatic N) is 3. The van der Waals surface area contributed by atoms with Crippen molar-refractivity contribution in [1.29, 1.82) is 0 Å². The summed E-state index contributed by atoms with van der Waals surface area (Å²) in [6, 6.07) is 1.84. The molecule has 0 atom stereocenters. The number of rotatable bonds is 2. The van der Waals surface area contributed by atoms with Crippen LogP contribution >= 0.6 is 12.6 Å². The summed E-state index contributed by atoms with van der Waals surface area (Å²) in [5.74, 6) is 1.26. The van der Waals surface area contributed by atoms with Gasteiger partial charge in [0.1, 0.15) is 5.69 Å². The van der Waals surface area contributed by atoms with E-state index in [-0.39, 0.29) is 0 Å². The molecule has 2 aromatic heterocycles. The van der Waals surface area contributed by atoms with E-state index >= 15 is 0 Å². The van der Waals surface area contributed by atoms with Crippen molar-refractivity contribution in [2.45, 2.75) is 5.75 Å². The average Bonchev–Trinajstić information content (AvgIpc) is 2.71. The molecule has 0 aliphatic heterocycles. The van der Waals surface area contributed by atoms with Crippen LogP contribution in [0.1, 0.15) is 5.69 Å². The number of aryl methyl sites for hydroxylation is 1. The number of aromatic nitrogens is 3. The Morgan fingerprint density at radius 1 is 1.62 bits per heavy atom. The monoisotopic (exact) mass is 195 g/mol. The van der Waals surface area contributed by atoms with Crippen molar-refractivity contribution in [2.75, 3.05) is 0 Å². The molecule has 0 spiro atoms. The molecular formula is C8H9N3OS. The highest BCUT2D eigenvalue weighted by Gasteiger charge is 2.07. The van der Waals surface area contributed by atoms with Gasteiger partial charge in [0.15, 0.2) is 5.76 Å². The molecule has 68 valence electrons. The van der Waals surface area contributed by atoms with Crippen molar-refractivity contribution in [3.05, 3.63) is 24.3 Å². The number of imidazole rings is 1. The van der Waals surface area contributed by atoms with E-state index in [9.17, 15) is 0 Å². The van der Waals surface area contributed by atoms with Crippen molar-refractivity contribution in [3.63, 3.8) is 0 Å². The highest BCUT2D eigenvalue weighted by atomic mass is 32.1. The molecule has 0 aliphatic carbocycles. The molecule has 0 bridgehead atoms. The lowest BCUT2D eigenvalue weighted by Crippen LogP contribution is -1.77. The average molecular weight is 195 g/mol. The number of hydrogen-bond acceptors (Lipinski definition) is 4. The maximum atomic E-state index is 5.08. The van der Waals surface area contributed by atoms with Crippen LogP contribution in [0.2, 0.25) is 0 Å². The van der Waals surface area contributed by atoms with Crippen molar-refractivity contribution in [3.8, 4) is 11.5 Å². The van der Waals surface area contributed by atoms with Crippen LogP contribution in [-0.4, -0.2) is 14.7 Å². The summed E-state index contributed by atoms with van der Waals surface area (Å²) < 4.78 is 6.94. The maximum Gasteiger partial charge on any atom is 0.187 e. The van der Waals surface area contributed by atoms with E-state index in [0.717, 1.165) is 11.4 Å². The highest BCUT2D eigenvalue weighted by Crippen LogP contribution is 2.18. The smallest absolute Gasteiger partial charge is 0.187 e. The lowest BCUT2D eigenvalue weighted by Gasteiger charge is -1.84. The summed E-state index contributed by atoms with van der Waals surface area (Å²) in [5.41, 5.74) is 1.62. The third-order valence-corrected chi connectivity index (χ3v) is 2.00. The Kier molecular flexibility index (Phi) is 2.10. The first-order chi connectivity index (χ1) is 6.29. The van der Waals surface area contributed by atoms with Crippen LogP contribution in [0.3, 0.4) is 0 Å². The summed E-state index contributed by atoms with van der Waals surface area (Å²) in [6.07, 6.45) is 3.60. The molecule has 0 amide bonds. The summed E-state index contributed by atoms with van der Waals surface area (Å²) in [7, 11) is 1.91. The van der Waals surface area contributed by atoms with Gasteiger partial charge in [-0.1, -0.05) is 5.16 Å². The van der Waals surface area contributed by atoms with Gasteiger partial charge in [-0.2, -0.15) is 12.6 Å². The number of hydrogen-bond donors (Lipinski definition) is 1. The van der Waals surface area contributed by atoms with E-state index in [0.29, 0.717) is 11.5 Å². The second-order valence-corrected chi connectivity index (χ2v) is 3.08. The van der Waals surface area contributed by atoms with Crippen LogP contribution < -0.4 is 0 Å². The summed E-state index contributed by atoms with van der Waals surface area (Å²) >= 11 is 4.09. The normalized spacial score (nSPS) is 10.6. The molecule has 2 rings (SSSR count). The molecule has 2 aromatic rings. The molecule has 0 saturated carbocycles. The first kappa shape index (κ1) is 8.37. The quantitative estimate of drug-likeness (QED) is 0.738. The van der Waals surface area contributed by atoms with E-state index in [2.05, 4.69) is 22.8 Å². The third kappa shape index (κ3) is 1.60. The molecule has 0 radical (unpaired) electrons. The minimum Gasteiger partial charge on any atom is -0.354 e. The van der Waals surface area contributed by atoms with Crippen molar-refractivity contribution in [2.24, 2.45) is 7.05 Å². The van der Waals surface area contributed by atoms with Gasteiger partial charge in [-0.05, 0) is 0 Å². The van der Waals surface area contributed by atoms with Gasteiger partial charge in [-0.15, -0.1) is 0 Å². The maximum absolute atomic E-state index is 5.08. The van der Waals surface area contributed by atoms with E-state index in [1.54, 1.807) is 6.33 Å². The molecule has 0 saturated heterocycles. The van der Waals surface area contributed by atoms with Crippen LogP contribution in [-0.2, 0) is 12.8 Å². The summed E-state index contributed by atoms with van der Waals surface area (Å²) in [6.45, 7) is 0. The van der Waals surface area contributed by atoms with Gasteiger partial charge >= 0.3 is 0 Å². The van der Waals surface area contributed by atoms with Crippen LogP contribution in [0.15, 0.2) is 23.1 Å². The minimum absolute atomic E-state index is 0.580. The predicted molar refractivity (Wildman–Crippen MR) is 51.4 cm³/mol. The second kappa shape index (κ2) is 3.26. The molecule has 13 heavy (non-hydrogen) atoms. The topological polar surface area (TPSA) is 43.9 Å². The van der Waals surface area contributed by atoms with Crippen LogP contribution in [0.5, 0.6) is 0 Å². The second-order valence-electron chi connectivity index (χ2n) is 2.76. The van der Waals surface area contributed by atoms with Gasteiger partial charge in [0, 0.05) is 25.1 Å². The van der Waals surface area contributed by atoms with Crippen LogP contribution in [0.4, 0.5) is 0 Å².